The summed E-state index contributed by atoms with van der Waals surface area (Å²) in [4.78, 5) is 10.1. The summed E-state index contributed by atoms with van der Waals surface area (Å²) >= 11 is 0. The summed E-state index contributed by atoms with van der Waals surface area (Å²) in [5, 5.41) is 3.42. The van der Waals surface area contributed by atoms with Gasteiger partial charge in [0.1, 0.15) is 0 Å². The molecule has 1 fully saturated rings. The molecule has 0 bridgehead atoms. The second kappa shape index (κ2) is 12.7. The molecule has 0 spiro atoms. The van der Waals surface area contributed by atoms with E-state index in [0.717, 1.165) is 57.2 Å². The average molecular weight is 537 g/mol. The molecule has 1 N–H and O–H groups in total. The maximum absolute atomic E-state index is 11.6. The molecule has 0 amide bonds. The number of aliphatic imine (C=N–C) groups is 1. The Morgan fingerprint density at radius 3 is 2.41 bits per heavy atom. The maximum Gasteiger partial charge on any atom is 0.193 e. The molecule has 1 aliphatic heterocycles. The van der Waals surface area contributed by atoms with Gasteiger partial charge in [0.25, 0.3) is 0 Å². The molecule has 166 valence electrons. The van der Waals surface area contributed by atoms with E-state index in [4.69, 9.17) is 4.99 Å². The first-order chi connectivity index (χ1) is 13.4. The highest BCUT2D eigenvalue weighted by Crippen LogP contribution is 2.18. The molecule has 1 aromatic carbocycles. The van der Waals surface area contributed by atoms with Crippen LogP contribution in [0, 0.1) is 5.92 Å². The van der Waals surface area contributed by atoms with E-state index < -0.39 is 9.84 Å². The van der Waals surface area contributed by atoms with Crippen molar-refractivity contribution in [3.05, 3.63) is 29.8 Å². The summed E-state index contributed by atoms with van der Waals surface area (Å²) in [6, 6.07) is 7.12. The molecule has 0 aromatic heterocycles. The van der Waals surface area contributed by atoms with Gasteiger partial charge in [-0.1, -0.05) is 26.0 Å². The number of sulfone groups is 1. The third-order valence-electron chi connectivity index (χ3n) is 5.34. The van der Waals surface area contributed by atoms with Crippen LogP contribution in [0.3, 0.4) is 0 Å². The van der Waals surface area contributed by atoms with Crippen molar-refractivity contribution in [2.75, 3.05) is 52.1 Å². The minimum absolute atomic E-state index is 0. The number of hydrogen-bond donors (Lipinski definition) is 1. The van der Waals surface area contributed by atoms with Crippen LogP contribution in [-0.2, 0) is 16.3 Å². The molecule has 2 rings (SSSR count). The third kappa shape index (κ3) is 8.41. The number of likely N-dealkylation sites (tertiary alicyclic amines) is 1. The number of halogens is 1. The number of benzene rings is 1. The van der Waals surface area contributed by atoms with E-state index in [9.17, 15) is 8.42 Å². The standard InChI is InChI=1S/C21H36N4O2S.HI/c1-5-22-21(25-15-13-19(17-25)16-24(6-2)7-3)23-14-12-18-8-10-20(11-9-18)28(4,26)27;/h8-11,19H,5-7,12-17H2,1-4H3,(H,22,23);1H. The number of rotatable bonds is 9. The van der Waals surface area contributed by atoms with Crippen molar-refractivity contribution in [2.45, 2.75) is 38.5 Å². The summed E-state index contributed by atoms with van der Waals surface area (Å²) in [6.07, 6.45) is 3.25. The molecule has 1 atom stereocenters. The predicted molar refractivity (Wildman–Crippen MR) is 132 cm³/mol. The molecule has 1 heterocycles. The van der Waals surface area contributed by atoms with E-state index in [1.54, 1.807) is 12.1 Å². The lowest BCUT2D eigenvalue weighted by atomic mass is 10.1. The number of nitrogens with one attached hydrogen (secondary N) is 1. The summed E-state index contributed by atoms with van der Waals surface area (Å²) in [5.41, 5.74) is 1.10. The van der Waals surface area contributed by atoms with Crippen LogP contribution in [0.4, 0.5) is 0 Å². The Hall–Kier alpha value is -0.870. The van der Waals surface area contributed by atoms with Crippen LogP contribution in [0.1, 0.15) is 32.8 Å². The molecule has 1 saturated heterocycles. The fourth-order valence-electron chi connectivity index (χ4n) is 3.64. The fraction of sp³-hybridized carbons (Fsp3) is 0.667. The Kier molecular flexibility index (Phi) is 11.5. The van der Waals surface area contributed by atoms with Crippen LogP contribution < -0.4 is 5.32 Å². The van der Waals surface area contributed by atoms with Gasteiger partial charge in [-0.25, -0.2) is 8.42 Å². The van der Waals surface area contributed by atoms with Gasteiger partial charge in [0.05, 0.1) is 4.90 Å². The van der Waals surface area contributed by atoms with E-state index >= 15 is 0 Å². The van der Waals surface area contributed by atoms with Gasteiger partial charge in [-0.2, -0.15) is 0 Å². The van der Waals surface area contributed by atoms with Crippen molar-refractivity contribution in [2.24, 2.45) is 10.9 Å². The summed E-state index contributed by atoms with van der Waals surface area (Å²) < 4.78 is 23.1. The molecule has 0 aliphatic carbocycles. The summed E-state index contributed by atoms with van der Waals surface area (Å²) in [5.74, 6) is 1.70. The molecule has 1 aromatic rings. The van der Waals surface area contributed by atoms with Crippen molar-refractivity contribution in [3.8, 4) is 0 Å². The zero-order chi connectivity index (χ0) is 20.6. The molecule has 29 heavy (non-hydrogen) atoms. The second-order valence-electron chi connectivity index (χ2n) is 7.49. The first kappa shape index (κ1) is 26.2. The third-order valence-corrected chi connectivity index (χ3v) is 6.47. The van der Waals surface area contributed by atoms with Gasteiger partial charge >= 0.3 is 0 Å². The van der Waals surface area contributed by atoms with Crippen LogP contribution in [-0.4, -0.2) is 76.2 Å². The Morgan fingerprint density at radius 1 is 1.21 bits per heavy atom. The molecular formula is C21H37IN4O2S. The lowest BCUT2D eigenvalue weighted by Crippen LogP contribution is -2.41. The Morgan fingerprint density at radius 2 is 1.86 bits per heavy atom. The first-order valence-electron chi connectivity index (χ1n) is 10.4. The lowest BCUT2D eigenvalue weighted by molar-refractivity contribution is 0.255. The van der Waals surface area contributed by atoms with Crippen LogP contribution in [0.2, 0.25) is 0 Å². The molecule has 0 saturated carbocycles. The summed E-state index contributed by atoms with van der Waals surface area (Å²) in [7, 11) is -3.14. The zero-order valence-corrected chi connectivity index (χ0v) is 21.4. The Labute approximate surface area is 194 Å². The minimum atomic E-state index is -3.14. The van der Waals surface area contributed by atoms with Gasteiger partial charge in [0, 0.05) is 39.0 Å². The van der Waals surface area contributed by atoms with Gasteiger partial charge in [-0.05, 0) is 56.5 Å². The quantitative estimate of drug-likeness (QED) is 0.299. The molecule has 8 heteroatoms. The maximum atomic E-state index is 11.6. The molecule has 1 unspecified atom stereocenters. The largest absolute Gasteiger partial charge is 0.357 e. The van der Waals surface area contributed by atoms with Crippen LogP contribution in [0.15, 0.2) is 34.2 Å². The van der Waals surface area contributed by atoms with Gasteiger partial charge in [-0.3, -0.25) is 4.99 Å². The number of hydrogen-bond acceptors (Lipinski definition) is 4. The topological polar surface area (TPSA) is 65.0 Å². The Balaban J connectivity index is 0.00000420. The van der Waals surface area contributed by atoms with Crippen LogP contribution in [0.5, 0.6) is 0 Å². The van der Waals surface area contributed by atoms with E-state index in [-0.39, 0.29) is 24.0 Å². The SMILES string of the molecule is CCNC(=NCCc1ccc(S(C)(=O)=O)cc1)N1CCC(CN(CC)CC)C1.I. The highest BCUT2D eigenvalue weighted by molar-refractivity contribution is 14.0. The van der Waals surface area contributed by atoms with E-state index in [1.807, 2.05) is 12.1 Å². The van der Waals surface area contributed by atoms with Crippen molar-refractivity contribution < 1.29 is 8.42 Å². The van der Waals surface area contributed by atoms with Crippen molar-refractivity contribution in [1.29, 1.82) is 0 Å². The van der Waals surface area contributed by atoms with E-state index in [2.05, 4.69) is 35.9 Å². The second-order valence-corrected chi connectivity index (χ2v) is 9.50. The first-order valence-corrected chi connectivity index (χ1v) is 12.3. The van der Waals surface area contributed by atoms with Crippen molar-refractivity contribution in [3.63, 3.8) is 0 Å². The lowest BCUT2D eigenvalue weighted by Gasteiger charge is -2.24. The van der Waals surface area contributed by atoms with Crippen molar-refractivity contribution >= 4 is 39.8 Å². The van der Waals surface area contributed by atoms with Crippen LogP contribution in [0.25, 0.3) is 0 Å². The molecule has 1 aliphatic rings. The number of nitrogens with zero attached hydrogens (tertiary/aromatic N) is 3. The number of guanidine groups is 1. The highest BCUT2D eigenvalue weighted by Gasteiger charge is 2.25. The molecule has 0 radical (unpaired) electrons. The molecular weight excluding hydrogens is 499 g/mol. The zero-order valence-electron chi connectivity index (χ0n) is 18.2. The minimum Gasteiger partial charge on any atom is -0.357 e. The van der Waals surface area contributed by atoms with Crippen molar-refractivity contribution in [1.82, 2.24) is 15.1 Å². The molecule has 6 nitrogen and oxygen atoms in total. The van der Waals surface area contributed by atoms with E-state index in [0.29, 0.717) is 17.4 Å². The fourth-order valence-corrected chi connectivity index (χ4v) is 4.27. The van der Waals surface area contributed by atoms with Gasteiger partial charge in [-0.15, -0.1) is 24.0 Å². The summed E-state index contributed by atoms with van der Waals surface area (Å²) in [6.45, 7) is 13.6. The predicted octanol–water partition coefficient (Wildman–Crippen LogP) is 2.88. The Bertz CT molecular complexity index is 734. The monoisotopic (exact) mass is 536 g/mol. The van der Waals surface area contributed by atoms with Gasteiger partial charge in [0.15, 0.2) is 15.8 Å². The van der Waals surface area contributed by atoms with Gasteiger partial charge < -0.3 is 15.1 Å². The van der Waals surface area contributed by atoms with Crippen LogP contribution >= 0.6 is 24.0 Å². The smallest absolute Gasteiger partial charge is 0.193 e. The normalized spacial score (nSPS) is 17.5. The van der Waals surface area contributed by atoms with E-state index in [1.165, 1.54) is 12.7 Å². The highest BCUT2D eigenvalue weighted by atomic mass is 127. The average Bonchev–Trinajstić information content (AvgIpc) is 3.13. The van der Waals surface area contributed by atoms with Gasteiger partial charge in [0.2, 0.25) is 0 Å².